The van der Waals surface area contributed by atoms with Gasteiger partial charge in [0.25, 0.3) is 0 Å². The lowest BCUT2D eigenvalue weighted by Gasteiger charge is -2.31. The number of phosphoric acid groups is 1. The number of aromatic nitrogens is 2. The van der Waals surface area contributed by atoms with Gasteiger partial charge in [-0.1, -0.05) is 0 Å². The molecule has 34 heavy (non-hydrogen) atoms. The van der Waals surface area contributed by atoms with Crippen LogP contribution in [0.1, 0.15) is 25.5 Å². The minimum absolute atomic E-state index is 0.0466. The minimum atomic E-state index is -5.13. The summed E-state index contributed by atoms with van der Waals surface area (Å²) >= 11 is 0. The summed E-state index contributed by atoms with van der Waals surface area (Å²) in [7, 11) is -4.86. The van der Waals surface area contributed by atoms with Crippen LogP contribution in [-0.2, 0) is 27.8 Å². The van der Waals surface area contributed by atoms with Gasteiger partial charge in [0.1, 0.15) is 24.1 Å². The van der Waals surface area contributed by atoms with Gasteiger partial charge in [0.15, 0.2) is 18.3 Å². The van der Waals surface area contributed by atoms with Crippen molar-refractivity contribution in [3.63, 3.8) is 0 Å². The van der Waals surface area contributed by atoms with Crippen molar-refractivity contribution in [2.75, 3.05) is 26.4 Å². The van der Waals surface area contributed by atoms with Gasteiger partial charge in [-0.25, -0.2) is 9.36 Å². The maximum atomic E-state index is 12.6. The monoisotopic (exact) mass is 526 g/mol. The molecule has 17 heteroatoms. The van der Waals surface area contributed by atoms with Crippen molar-refractivity contribution in [3.05, 3.63) is 34.7 Å². The summed E-state index contributed by atoms with van der Waals surface area (Å²) in [6.45, 7) is 0.411. The third-order valence-corrected chi connectivity index (χ3v) is 5.77. The van der Waals surface area contributed by atoms with Gasteiger partial charge in [0.05, 0.1) is 0 Å². The molecule has 1 aromatic heterocycles. The normalized spacial score (nSPS) is 28.3. The van der Waals surface area contributed by atoms with Crippen LogP contribution in [-0.4, -0.2) is 79.3 Å². The zero-order valence-electron chi connectivity index (χ0n) is 18.4. The van der Waals surface area contributed by atoms with Crippen LogP contribution in [0.2, 0.25) is 0 Å². The highest BCUT2D eigenvalue weighted by Gasteiger charge is 2.53. The first-order chi connectivity index (χ1) is 15.9. The smallest absolute Gasteiger partial charge is 0.427 e. The molecule has 2 saturated heterocycles. The Morgan fingerprint density at radius 1 is 1.35 bits per heavy atom. The number of rotatable bonds is 9. The molecule has 0 spiro atoms. The van der Waals surface area contributed by atoms with Gasteiger partial charge in [-0.15, -0.1) is 0 Å². The predicted molar refractivity (Wildman–Crippen MR) is 116 cm³/mol. The van der Waals surface area contributed by atoms with Crippen LogP contribution in [0, 0.1) is 0 Å². The van der Waals surface area contributed by atoms with E-state index in [9.17, 15) is 28.9 Å². The van der Waals surface area contributed by atoms with Crippen LogP contribution in [0.25, 0.3) is 0 Å². The molecule has 5 atom stereocenters. The summed E-state index contributed by atoms with van der Waals surface area (Å²) in [4.78, 5) is 55.8. The number of anilines is 1. The van der Waals surface area contributed by atoms with Crippen molar-refractivity contribution < 1.29 is 47.4 Å². The van der Waals surface area contributed by atoms with E-state index in [0.29, 0.717) is 13.0 Å². The van der Waals surface area contributed by atoms with Gasteiger partial charge in [-0.3, -0.25) is 9.09 Å². The second kappa shape index (κ2) is 11.4. The Balaban J connectivity index is 2.08. The molecule has 3 heterocycles. The maximum Gasteiger partial charge on any atom is 0.470 e. The molecule has 15 nitrogen and oxygen atoms in total. The molecule has 3 rings (SSSR count). The lowest BCUT2D eigenvalue weighted by atomic mass is 10.1. The predicted octanol–water partition coefficient (Wildman–Crippen LogP) is -0.256. The van der Waals surface area contributed by atoms with Gasteiger partial charge in [-0.05, 0) is 25.3 Å². The molecule has 2 aliphatic heterocycles. The fourth-order valence-corrected chi connectivity index (χ4v) is 4.51. The molecule has 0 bridgehead atoms. The molecule has 2 aliphatic rings. The Kier molecular flexibility index (Phi) is 9.04. The summed E-state index contributed by atoms with van der Waals surface area (Å²) in [5.41, 5.74) is 4.76. The Hall–Kier alpha value is -1.64. The first-order valence-corrected chi connectivity index (χ1v) is 12.9. The number of phosphoric ester groups is 1. The zero-order valence-corrected chi connectivity index (χ0v) is 20.2. The molecule has 1 unspecified atom stereocenters. The van der Waals surface area contributed by atoms with E-state index in [1.807, 2.05) is 0 Å². The van der Waals surface area contributed by atoms with E-state index < -0.39 is 52.9 Å². The largest absolute Gasteiger partial charge is 0.470 e. The highest BCUT2D eigenvalue weighted by molar-refractivity contribution is 7.46. The first kappa shape index (κ1) is 27.0. The fourth-order valence-electron chi connectivity index (χ4n) is 3.62. The van der Waals surface area contributed by atoms with Crippen molar-refractivity contribution >= 4 is 22.2 Å². The maximum absolute atomic E-state index is 12.6. The molecule has 192 valence electrons. The van der Waals surface area contributed by atoms with Crippen molar-refractivity contribution in [1.29, 1.82) is 0 Å². The van der Waals surface area contributed by atoms with Crippen LogP contribution in [0.4, 0.5) is 5.82 Å². The summed E-state index contributed by atoms with van der Waals surface area (Å²) in [6, 6.07) is 1.33. The van der Waals surface area contributed by atoms with E-state index >= 15 is 0 Å². The Bertz CT molecular complexity index is 963. The first-order valence-electron chi connectivity index (χ1n) is 10.2. The van der Waals surface area contributed by atoms with Crippen LogP contribution >= 0.6 is 16.4 Å². The zero-order chi connectivity index (χ0) is 25.0. The van der Waals surface area contributed by atoms with E-state index in [2.05, 4.69) is 4.98 Å². The molecular formula is C17H28N4O11P2. The molecular weight excluding hydrogens is 498 g/mol. The van der Waals surface area contributed by atoms with Gasteiger partial charge in [-0.2, -0.15) is 4.98 Å². The standard InChI is InChI=1S/C17H28N4O11P2/c1-20(2)9-10(31-33(23)24)13-14(32-34(25,26)27)15(29-12-5-3-4-8-28-12)16(30-13)21-7-6-11(18)19-17(21)22/h6-7,9,12-16,23-24H,3-5,8H2,1-2H3,(H2,18,19,22)(H2,25,26,27)/t12?,13-,14-,15-,16-/m1/s1. The number of nitrogen functional groups attached to an aromatic ring is 1. The van der Waals surface area contributed by atoms with Crippen LogP contribution in [0.5, 0.6) is 0 Å². The summed E-state index contributed by atoms with van der Waals surface area (Å²) < 4.78 is 40.5. The van der Waals surface area contributed by atoms with Crippen molar-refractivity contribution in [1.82, 2.24) is 14.5 Å². The average Bonchev–Trinajstić information content (AvgIpc) is 3.04. The molecule has 0 saturated carbocycles. The summed E-state index contributed by atoms with van der Waals surface area (Å²) in [6.07, 6.45) is -1.68. The molecule has 2 fully saturated rings. The third kappa shape index (κ3) is 7.18. The van der Waals surface area contributed by atoms with E-state index in [4.69, 9.17) is 29.0 Å². The second-order valence-corrected chi connectivity index (χ2v) is 9.67. The summed E-state index contributed by atoms with van der Waals surface area (Å²) in [5.74, 6) is -0.272. The van der Waals surface area contributed by atoms with Crippen LogP contribution in [0.3, 0.4) is 0 Å². The number of hydrogen-bond donors (Lipinski definition) is 5. The van der Waals surface area contributed by atoms with Gasteiger partial charge in [0, 0.05) is 33.1 Å². The fraction of sp³-hybridized carbons (Fsp3) is 0.647. The Morgan fingerprint density at radius 2 is 2.09 bits per heavy atom. The molecule has 0 aliphatic carbocycles. The quantitative estimate of drug-likeness (QED) is 0.208. The van der Waals surface area contributed by atoms with Gasteiger partial charge < -0.3 is 48.9 Å². The molecule has 0 aromatic carbocycles. The molecule has 0 amide bonds. The van der Waals surface area contributed by atoms with Crippen molar-refractivity contribution in [3.8, 4) is 0 Å². The van der Waals surface area contributed by atoms with E-state index in [-0.39, 0.29) is 11.6 Å². The average molecular weight is 526 g/mol. The minimum Gasteiger partial charge on any atom is -0.427 e. The third-order valence-electron chi connectivity index (χ3n) is 4.87. The second-order valence-electron chi connectivity index (χ2n) is 7.79. The van der Waals surface area contributed by atoms with E-state index in [1.165, 1.54) is 23.4 Å². The van der Waals surface area contributed by atoms with E-state index in [0.717, 1.165) is 17.4 Å². The van der Waals surface area contributed by atoms with Crippen molar-refractivity contribution in [2.45, 2.75) is 50.1 Å². The number of ether oxygens (including phenoxy) is 3. The molecule has 0 radical (unpaired) electrons. The summed E-state index contributed by atoms with van der Waals surface area (Å²) in [5, 5.41) is 0. The molecule has 1 aromatic rings. The topological polar surface area (TPSA) is 208 Å². The lowest BCUT2D eigenvalue weighted by molar-refractivity contribution is -0.214. The van der Waals surface area contributed by atoms with Crippen molar-refractivity contribution in [2.24, 2.45) is 0 Å². The van der Waals surface area contributed by atoms with E-state index in [1.54, 1.807) is 14.1 Å². The van der Waals surface area contributed by atoms with Gasteiger partial charge >= 0.3 is 22.1 Å². The SMILES string of the molecule is CN(C)C=C(OP(O)O)[C@H]1O[C@@H](n2ccc(N)nc2=O)[C@H](OC2CCCCO2)[C@@H]1OP(=O)(O)O. The molecule has 6 N–H and O–H groups in total. The highest BCUT2D eigenvalue weighted by Crippen LogP contribution is 2.48. The van der Waals surface area contributed by atoms with Gasteiger partial charge in [0.2, 0.25) is 0 Å². The van der Waals surface area contributed by atoms with Crippen LogP contribution in [0.15, 0.2) is 29.0 Å². The Morgan fingerprint density at radius 3 is 2.65 bits per heavy atom. The number of hydrogen-bond acceptors (Lipinski definition) is 12. The number of nitrogens with zero attached hydrogens (tertiary/aromatic N) is 3. The highest BCUT2D eigenvalue weighted by atomic mass is 31.2. The lowest BCUT2D eigenvalue weighted by Crippen LogP contribution is -2.42. The Labute approximate surface area is 195 Å². The van der Waals surface area contributed by atoms with Crippen LogP contribution < -0.4 is 11.4 Å². The number of nitrogens with two attached hydrogens (primary N) is 1.